The minimum Gasteiger partial charge on any atom is -0.485 e. The van der Waals surface area contributed by atoms with Crippen molar-refractivity contribution in [1.29, 1.82) is 0 Å². The number of nitrogens with one attached hydrogen (secondary N) is 1. The van der Waals surface area contributed by atoms with Crippen molar-refractivity contribution in [3.8, 4) is 11.5 Å². The largest absolute Gasteiger partial charge is 0.485 e. The zero-order valence-electron chi connectivity index (χ0n) is 11.0. The molecule has 1 aliphatic heterocycles. The van der Waals surface area contributed by atoms with Crippen molar-refractivity contribution in [2.24, 2.45) is 0 Å². The highest BCUT2D eigenvalue weighted by Gasteiger charge is 2.27. The van der Waals surface area contributed by atoms with E-state index in [4.69, 9.17) is 9.47 Å². The van der Waals surface area contributed by atoms with Crippen molar-refractivity contribution < 1.29 is 14.3 Å². The highest BCUT2D eigenvalue weighted by molar-refractivity contribution is 5.94. The molecule has 1 N–H and O–H groups in total. The van der Waals surface area contributed by atoms with Crippen LogP contribution in [0.1, 0.15) is 5.56 Å². The van der Waals surface area contributed by atoms with E-state index in [-0.39, 0.29) is 12.5 Å². The number of anilines is 1. The predicted molar refractivity (Wildman–Crippen MR) is 74.0 cm³/mol. The molecule has 0 saturated heterocycles. The Labute approximate surface area is 116 Å². The van der Waals surface area contributed by atoms with Gasteiger partial charge in [0.2, 0.25) is 6.10 Å². The molecule has 1 amide bonds. The predicted octanol–water partition coefficient (Wildman–Crippen LogP) is 2.17. The number of benzene rings is 1. The molecule has 0 unspecified atom stereocenters. The Morgan fingerprint density at radius 3 is 2.85 bits per heavy atom. The Morgan fingerprint density at radius 1 is 1.25 bits per heavy atom. The Hall–Kier alpha value is -2.56. The van der Waals surface area contributed by atoms with Crippen LogP contribution in [-0.4, -0.2) is 23.6 Å². The number of nitrogens with zero attached hydrogens (tertiary/aromatic N) is 1. The third-order valence-electron chi connectivity index (χ3n) is 3.05. The van der Waals surface area contributed by atoms with Crippen LogP contribution in [0.4, 0.5) is 5.82 Å². The molecular weight excluding hydrogens is 256 g/mol. The van der Waals surface area contributed by atoms with Gasteiger partial charge in [0, 0.05) is 6.20 Å². The van der Waals surface area contributed by atoms with Gasteiger partial charge in [0.1, 0.15) is 12.4 Å². The van der Waals surface area contributed by atoms with Crippen LogP contribution >= 0.6 is 0 Å². The van der Waals surface area contributed by atoms with Gasteiger partial charge in [-0.2, -0.15) is 0 Å². The van der Waals surface area contributed by atoms with E-state index in [1.807, 2.05) is 37.3 Å². The zero-order valence-corrected chi connectivity index (χ0v) is 11.0. The summed E-state index contributed by atoms with van der Waals surface area (Å²) in [6.45, 7) is 2.07. The fraction of sp³-hybridized carbons (Fsp3) is 0.200. The second kappa shape index (κ2) is 5.21. The summed E-state index contributed by atoms with van der Waals surface area (Å²) in [7, 11) is 0. The smallest absolute Gasteiger partial charge is 0.270 e. The van der Waals surface area contributed by atoms with Gasteiger partial charge >= 0.3 is 0 Å². The first-order valence-electron chi connectivity index (χ1n) is 6.35. The maximum Gasteiger partial charge on any atom is 0.270 e. The van der Waals surface area contributed by atoms with Crippen molar-refractivity contribution in [3.05, 3.63) is 48.2 Å². The Balaban J connectivity index is 1.72. The molecule has 2 heterocycles. The van der Waals surface area contributed by atoms with Crippen LogP contribution < -0.4 is 14.8 Å². The molecular formula is C15H14N2O3. The molecule has 5 heteroatoms. The molecule has 1 aliphatic rings. The molecule has 1 aromatic carbocycles. The maximum absolute atomic E-state index is 12.2. The fourth-order valence-electron chi connectivity index (χ4n) is 1.96. The van der Waals surface area contributed by atoms with Crippen molar-refractivity contribution in [3.63, 3.8) is 0 Å². The first kappa shape index (κ1) is 12.5. The molecule has 2 aromatic rings. The van der Waals surface area contributed by atoms with Crippen molar-refractivity contribution in [2.45, 2.75) is 13.0 Å². The number of rotatable bonds is 2. The van der Waals surface area contributed by atoms with Crippen LogP contribution in [0.15, 0.2) is 42.6 Å². The van der Waals surface area contributed by atoms with Gasteiger partial charge < -0.3 is 14.8 Å². The van der Waals surface area contributed by atoms with Crippen LogP contribution in [-0.2, 0) is 4.79 Å². The summed E-state index contributed by atoms with van der Waals surface area (Å²) >= 11 is 0. The molecule has 5 nitrogen and oxygen atoms in total. The molecule has 0 aliphatic carbocycles. The molecule has 1 atom stereocenters. The molecule has 0 fully saturated rings. The van der Waals surface area contributed by atoms with Crippen molar-refractivity contribution in [1.82, 2.24) is 4.98 Å². The lowest BCUT2D eigenvalue weighted by Gasteiger charge is -2.25. The van der Waals surface area contributed by atoms with Gasteiger partial charge in [-0.1, -0.05) is 18.2 Å². The highest BCUT2D eigenvalue weighted by Crippen LogP contribution is 2.31. The molecule has 0 spiro atoms. The lowest BCUT2D eigenvalue weighted by Crippen LogP contribution is -2.40. The monoisotopic (exact) mass is 270 g/mol. The number of para-hydroxylation sites is 2. The fourth-order valence-corrected chi connectivity index (χ4v) is 1.96. The Kier molecular flexibility index (Phi) is 3.25. The van der Waals surface area contributed by atoms with Crippen LogP contribution in [0.2, 0.25) is 0 Å². The maximum atomic E-state index is 12.2. The topological polar surface area (TPSA) is 60.5 Å². The summed E-state index contributed by atoms with van der Waals surface area (Å²) in [6, 6.07) is 11.0. The lowest BCUT2D eigenvalue weighted by molar-refractivity contribution is -0.125. The molecule has 0 radical (unpaired) electrons. The summed E-state index contributed by atoms with van der Waals surface area (Å²) in [5.41, 5.74) is 0.901. The molecule has 102 valence electrons. The van der Waals surface area contributed by atoms with E-state index in [0.29, 0.717) is 17.3 Å². The average Bonchev–Trinajstić information content (AvgIpc) is 2.49. The SMILES string of the molecule is Cc1cccnc1NC(=O)[C@H]1COc2ccccc2O1. The number of fused-ring (bicyclic) bond motifs is 1. The number of amides is 1. The number of aryl methyl sites for hydroxylation is 1. The quantitative estimate of drug-likeness (QED) is 0.908. The normalized spacial score (nSPS) is 16.6. The van der Waals surface area contributed by atoms with Gasteiger partial charge in [-0.3, -0.25) is 4.79 Å². The number of pyridine rings is 1. The summed E-state index contributed by atoms with van der Waals surface area (Å²) in [5, 5.41) is 2.76. The van der Waals surface area contributed by atoms with E-state index in [1.54, 1.807) is 12.3 Å². The van der Waals surface area contributed by atoms with E-state index < -0.39 is 6.10 Å². The Bertz CT molecular complexity index is 643. The number of ether oxygens (including phenoxy) is 2. The minimum absolute atomic E-state index is 0.189. The van der Waals surface area contributed by atoms with Gasteiger partial charge in [0.15, 0.2) is 11.5 Å². The van der Waals surface area contributed by atoms with Gasteiger partial charge in [-0.15, -0.1) is 0 Å². The van der Waals surface area contributed by atoms with Crippen LogP contribution in [0.3, 0.4) is 0 Å². The first-order valence-corrected chi connectivity index (χ1v) is 6.35. The third-order valence-corrected chi connectivity index (χ3v) is 3.05. The number of carbonyl (C=O) groups is 1. The zero-order chi connectivity index (χ0) is 13.9. The third kappa shape index (κ3) is 2.42. The second-order valence-electron chi connectivity index (χ2n) is 4.52. The second-order valence-corrected chi connectivity index (χ2v) is 4.52. The molecule has 20 heavy (non-hydrogen) atoms. The average molecular weight is 270 g/mol. The van der Waals surface area contributed by atoms with E-state index in [2.05, 4.69) is 10.3 Å². The molecule has 1 aromatic heterocycles. The van der Waals surface area contributed by atoms with E-state index in [0.717, 1.165) is 5.56 Å². The van der Waals surface area contributed by atoms with Gasteiger partial charge in [0.25, 0.3) is 5.91 Å². The Morgan fingerprint density at radius 2 is 2.05 bits per heavy atom. The number of hydrogen-bond donors (Lipinski definition) is 1. The van der Waals surface area contributed by atoms with Crippen LogP contribution in [0.5, 0.6) is 11.5 Å². The summed E-state index contributed by atoms with van der Waals surface area (Å²) in [6.07, 6.45) is 0.960. The van der Waals surface area contributed by atoms with Gasteiger partial charge in [-0.05, 0) is 30.7 Å². The minimum atomic E-state index is -0.675. The van der Waals surface area contributed by atoms with Gasteiger partial charge in [-0.25, -0.2) is 4.98 Å². The molecule has 3 rings (SSSR count). The standard InChI is InChI=1S/C15H14N2O3/c1-10-5-4-8-16-14(10)17-15(18)13-9-19-11-6-2-3-7-12(11)20-13/h2-8,13H,9H2,1H3,(H,16,17,18)/t13-/m1/s1. The molecule has 0 saturated carbocycles. The van der Waals surface area contributed by atoms with Crippen molar-refractivity contribution >= 4 is 11.7 Å². The summed E-state index contributed by atoms with van der Waals surface area (Å²) in [4.78, 5) is 16.3. The van der Waals surface area contributed by atoms with Gasteiger partial charge in [0.05, 0.1) is 0 Å². The van der Waals surface area contributed by atoms with Crippen LogP contribution in [0, 0.1) is 6.92 Å². The molecule has 0 bridgehead atoms. The number of hydrogen-bond acceptors (Lipinski definition) is 4. The van der Waals surface area contributed by atoms with E-state index >= 15 is 0 Å². The first-order chi connectivity index (χ1) is 9.74. The van der Waals surface area contributed by atoms with Crippen molar-refractivity contribution in [2.75, 3.05) is 11.9 Å². The lowest BCUT2D eigenvalue weighted by atomic mass is 10.2. The van der Waals surface area contributed by atoms with Crippen LogP contribution in [0.25, 0.3) is 0 Å². The highest BCUT2D eigenvalue weighted by atomic mass is 16.6. The number of aromatic nitrogens is 1. The van der Waals surface area contributed by atoms with E-state index in [9.17, 15) is 4.79 Å². The van der Waals surface area contributed by atoms with E-state index in [1.165, 1.54) is 0 Å². The summed E-state index contributed by atoms with van der Waals surface area (Å²) in [5.74, 6) is 1.52. The number of carbonyl (C=O) groups excluding carboxylic acids is 1. The summed E-state index contributed by atoms with van der Waals surface area (Å²) < 4.78 is 11.2.